The molecule has 1 atom stereocenters. The monoisotopic (exact) mass is 387 g/mol. The maximum atomic E-state index is 11.6. The van der Waals surface area contributed by atoms with Crippen LogP contribution < -0.4 is 0 Å². The van der Waals surface area contributed by atoms with Crippen molar-refractivity contribution in [3.8, 4) is 0 Å². The molecule has 0 unspecified atom stereocenters. The standard InChI is InChI=1S/C14H14INO4/c1-18-13(17)12-7-11(8-15)20-14(16-12)19-9-10-5-3-2-4-6-10/h2-6,8,12H,7,9H2,1H3/b11-8+/t12-/m0/s1. The SMILES string of the molecule is COC(=O)[C@@H]1C/C(=C\I)OC(OCc2ccccc2)=N1. The molecule has 5 nitrogen and oxygen atoms in total. The fourth-order valence-corrected chi connectivity index (χ4v) is 2.05. The molecule has 0 aliphatic carbocycles. The largest absolute Gasteiger partial charge is 0.467 e. The van der Waals surface area contributed by atoms with Crippen LogP contribution in [0.5, 0.6) is 0 Å². The normalized spacial score (nSPS) is 20.0. The summed E-state index contributed by atoms with van der Waals surface area (Å²) < 4.78 is 17.4. The minimum absolute atomic E-state index is 0.0958. The van der Waals surface area contributed by atoms with Crippen molar-refractivity contribution >= 4 is 34.6 Å². The van der Waals surface area contributed by atoms with Crippen LogP contribution in [0.4, 0.5) is 0 Å². The van der Waals surface area contributed by atoms with Crippen molar-refractivity contribution < 1.29 is 19.0 Å². The molecular formula is C14H14INO4. The summed E-state index contributed by atoms with van der Waals surface area (Å²) in [5.41, 5.74) is 0.999. The molecule has 1 aliphatic rings. The molecule has 106 valence electrons. The molecule has 0 saturated carbocycles. The fraction of sp³-hybridized carbons (Fsp3) is 0.286. The molecule has 0 spiro atoms. The van der Waals surface area contributed by atoms with E-state index in [1.165, 1.54) is 7.11 Å². The first-order valence-electron chi connectivity index (χ1n) is 6.02. The Kier molecular flexibility index (Phi) is 5.40. The third-order valence-electron chi connectivity index (χ3n) is 2.67. The van der Waals surface area contributed by atoms with Gasteiger partial charge < -0.3 is 14.2 Å². The summed E-state index contributed by atoms with van der Waals surface area (Å²) in [5.74, 6) is 0.240. The Bertz CT molecular complexity index is 527. The van der Waals surface area contributed by atoms with Gasteiger partial charge in [-0.2, -0.15) is 0 Å². The third-order valence-corrected chi connectivity index (χ3v) is 3.37. The fourth-order valence-electron chi connectivity index (χ4n) is 1.67. The lowest BCUT2D eigenvalue weighted by atomic mass is 10.2. The summed E-state index contributed by atoms with van der Waals surface area (Å²) in [6.07, 6.45) is 0.479. The Hall–Kier alpha value is -1.57. The molecule has 2 rings (SSSR count). The first-order chi connectivity index (χ1) is 9.72. The second-order valence-corrected chi connectivity index (χ2v) is 4.71. The number of carbonyl (C=O) groups excluding carboxylic acids is 1. The average Bonchev–Trinajstić information content (AvgIpc) is 2.52. The van der Waals surface area contributed by atoms with E-state index in [0.29, 0.717) is 18.8 Å². The van der Waals surface area contributed by atoms with E-state index in [4.69, 9.17) is 14.2 Å². The zero-order chi connectivity index (χ0) is 14.4. The van der Waals surface area contributed by atoms with Crippen molar-refractivity contribution in [3.63, 3.8) is 0 Å². The summed E-state index contributed by atoms with van der Waals surface area (Å²) in [5, 5.41) is 0. The lowest BCUT2D eigenvalue weighted by Gasteiger charge is -2.21. The second kappa shape index (κ2) is 7.28. The van der Waals surface area contributed by atoms with Gasteiger partial charge in [0.05, 0.1) is 7.11 Å². The van der Waals surface area contributed by atoms with E-state index in [1.807, 2.05) is 30.3 Å². The minimum atomic E-state index is -0.611. The molecule has 0 aromatic heterocycles. The highest BCUT2D eigenvalue weighted by Crippen LogP contribution is 2.20. The van der Waals surface area contributed by atoms with Gasteiger partial charge in [0.2, 0.25) is 0 Å². The quantitative estimate of drug-likeness (QED) is 0.591. The zero-order valence-corrected chi connectivity index (χ0v) is 13.1. The van der Waals surface area contributed by atoms with Crippen LogP contribution in [0.1, 0.15) is 12.0 Å². The Morgan fingerprint density at radius 1 is 1.50 bits per heavy atom. The summed E-state index contributed by atoms with van der Waals surface area (Å²) in [6, 6.07) is 9.06. The number of nitrogens with zero attached hydrogens (tertiary/aromatic N) is 1. The van der Waals surface area contributed by atoms with E-state index in [-0.39, 0.29) is 6.08 Å². The topological polar surface area (TPSA) is 57.1 Å². The smallest absolute Gasteiger partial charge is 0.390 e. The summed E-state index contributed by atoms with van der Waals surface area (Å²) in [7, 11) is 1.34. The summed E-state index contributed by atoms with van der Waals surface area (Å²) in [6.45, 7) is 0.335. The molecule has 0 bridgehead atoms. The minimum Gasteiger partial charge on any atom is -0.467 e. The van der Waals surface area contributed by atoms with Gasteiger partial charge >= 0.3 is 12.1 Å². The number of benzene rings is 1. The number of esters is 1. The van der Waals surface area contributed by atoms with E-state index in [1.54, 1.807) is 4.08 Å². The highest BCUT2D eigenvalue weighted by atomic mass is 127. The highest BCUT2D eigenvalue weighted by molar-refractivity contribution is 14.1. The van der Waals surface area contributed by atoms with Gasteiger partial charge in [0.15, 0.2) is 6.04 Å². The van der Waals surface area contributed by atoms with Crippen LogP contribution in [0.2, 0.25) is 0 Å². The van der Waals surface area contributed by atoms with E-state index in [9.17, 15) is 4.79 Å². The van der Waals surface area contributed by atoms with Crippen molar-refractivity contribution in [2.75, 3.05) is 7.11 Å². The molecule has 0 N–H and O–H groups in total. The summed E-state index contributed by atoms with van der Waals surface area (Å²) in [4.78, 5) is 15.7. The van der Waals surface area contributed by atoms with Gasteiger partial charge in [-0.15, -0.1) is 0 Å². The van der Waals surface area contributed by atoms with Gasteiger partial charge in [0.25, 0.3) is 0 Å². The maximum Gasteiger partial charge on any atom is 0.390 e. The van der Waals surface area contributed by atoms with Crippen LogP contribution in [0.25, 0.3) is 0 Å². The van der Waals surface area contributed by atoms with Gasteiger partial charge in [-0.1, -0.05) is 30.3 Å². The molecule has 1 aromatic rings. The molecule has 6 heteroatoms. The Morgan fingerprint density at radius 2 is 2.25 bits per heavy atom. The van der Waals surface area contributed by atoms with Crippen LogP contribution in [0.3, 0.4) is 0 Å². The van der Waals surface area contributed by atoms with Gasteiger partial charge in [-0.25, -0.2) is 9.79 Å². The number of carbonyl (C=O) groups is 1. The first kappa shape index (κ1) is 14.8. The van der Waals surface area contributed by atoms with E-state index >= 15 is 0 Å². The van der Waals surface area contributed by atoms with E-state index in [2.05, 4.69) is 27.6 Å². The van der Waals surface area contributed by atoms with Crippen molar-refractivity contribution in [2.24, 2.45) is 4.99 Å². The third kappa shape index (κ3) is 3.96. The van der Waals surface area contributed by atoms with Crippen molar-refractivity contribution in [1.82, 2.24) is 0 Å². The number of hydrogen-bond donors (Lipinski definition) is 0. The van der Waals surface area contributed by atoms with Gasteiger partial charge in [0, 0.05) is 10.5 Å². The predicted molar refractivity (Wildman–Crippen MR) is 82.3 cm³/mol. The highest BCUT2D eigenvalue weighted by Gasteiger charge is 2.28. The lowest BCUT2D eigenvalue weighted by Crippen LogP contribution is -2.29. The van der Waals surface area contributed by atoms with Crippen LogP contribution >= 0.6 is 22.6 Å². The van der Waals surface area contributed by atoms with Gasteiger partial charge in [-0.05, 0) is 28.2 Å². The van der Waals surface area contributed by atoms with Crippen LogP contribution in [0, 0.1) is 0 Å². The first-order valence-corrected chi connectivity index (χ1v) is 7.27. The number of aliphatic imine (C=N–C) groups is 1. The summed E-state index contributed by atoms with van der Waals surface area (Å²) >= 11 is 2.05. The van der Waals surface area contributed by atoms with E-state index in [0.717, 1.165) is 5.56 Å². The number of halogens is 1. The molecule has 0 saturated heterocycles. The molecular weight excluding hydrogens is 373 g/mol. The molecule has 0 radical (unpaired) electrons. The molecule has 1 heterocycles. The zero-order valence-electron chi connectivity index (χ0n) is 10.9. The average molecular weight is 387 g/mol. The predicted octanol–water partition coefficient (Wildman–Crippen LogP) is 2.80. The number of methoxy groups -OCH3 is 1. The number of rotatable bonds is 3. The Morgan fingerprint density at radius 3 is 2.90 bits per heavy atom. The molecule has 1 aliphatic heterocycles. The number of ether oxygens (including phenoxy) is 3. The van der Waals surface area contributed by atoms with Crippen LogP contribution in [-0.2, 0) is 25.6 Å². The second-order valence-electron chi connectivity index (χ2n) is 4.09. The van der Waals surface area contributed by atoms with Crippen molar-refractivity contribution in [3.05, 3.63) is 45.7 Å². The number of hydrogen-bond acceptors (Lipinski definition) is 5. The maximum absolute atomic E-state index is 11.6. The Labute approximate surface area is 130 Å². The molecule has 0 fully saturated rings. The van der Waals surface area contributed by atoms with Crippen LogP contribution in [-0.4, -0.2) is 25.2 Å². The van der Waals surface area contributed by atoms with Gasteiger partial charge in [0.1, 0.15) is 12.4 Å². The lowest BCUT2D eigenvalue weighted by molar-refractivity contribution is -0.142. The van der Waals surface area contributed by atoms with Crippen LogP contribution in [0.15, 0.2) is 45.2 Å². The van der Waals surface area contributed by atoms with Crippen molar-refractivity contribution in [2.45, 2.75) is 19.1 Å². The Balaban J connectivity index is 2.05. The van der Waals surface area contributed by atoms with Crippen molar-refractivity contribution in [1.29, 1.82) is 0 Å². The molecule has 1 aromatic carbocycles. The molecule has 20 heavy (non-hydrogen) atoms. The van der Waals surface area contributed by atoms with Gasteiger partial charge in [-0.3, -0.25) is 0 Å². The van der Waals surface area contributed by atoms with E-state index < -0.39 is 12.0 Å². The molecule has 0 amide bonds.